The van der Waals surface area contributed by atoms with Gasteiger partial charge in [0.2, 0.25) is 11.8 Å². The monoisotopic (exact) mass is 290 g/mol. The van der Waals surface area contributed by atoms with E-state index in [1.807, 2.05) is 25.7 Å². The smallest absolute Gasteiger partial charge is 0.248 e. The molecule has 2 bridgehead atoms. The van der Waals surface area contributed by atoms with Crippen molar-refractivity contribution in [1.29, 1.82) is 0 Å². The maximum atomic E-state index is 13.1. The number of amides is 2. The molecular formula is C17H26N2O2. The van der Waals surface area contributed by atoms with Crippen molar-refractivity contribution in [2.45, 2.75) is 70.5 Å². The van der Waals surface area contributed by atoms with Crippen molar-refractivity contribution < 1.29 is 9.59 Å². The lowest BCUT2D eigenvalue weighted by molar-refractivity contribution is -0.156. The van der Waals surface area contributed by atoms with Crippen LogP contribution < -0.4 is 5.32 Å². The summed E-state index contributed by atoms with van der Waals surface area (Å²) in [5, 5.41) is 2.98. The molecule has 0 aromatic rings. The number of nitrogens with zero attached hydrogens (tertiary/aromatic N) is 1. The Morgan fingerprint density at radius 3 is 2.33 bits per heavy atom. The highest BCUT2D eigenvalue weighted by molar-refractivity contribution is 6.00. The van der Waals surface area contributed by atoms with Crippen LogP contribution in [-0.2, 0) is 9.59 Å². The van der Waals surface area contributed by atoms with Gasteiger partial charge >= 0.3 is 0 Å². The number of carbonyl (C=O) groups excluding carboxylic acids is 2. The summed E-state index contributed by atoms with van der Waals surface area (Å²) in [5.41, 5.74) is -0.696. The van der Waals surface area contributed by atoms with Crippen molar-refractivity contribution in [2.75, 3.05) is 0 Å². The maximum Gasteiger partial charge on any atom is 0.248 e. The predicted molar refractivity (Wildman–Crippen MR) is 79.4 cm³/mol. The summed E-state index contributed by atoms with van der Waals surface area (Å²) in [6, 6.07) is 0.123. The maximum absolute atomic E-state index is 13.1. The lowest BCUT2D eigenvalue weighted by atomic mass is 9.90. The summed E-state index contributed by atoms with van der Waals surface area (Å²) in [6.45, 7) is 5.89. The van der Waals surface area contributed by atoms with Gasteiger partial charge in [0, 0.05) is 6.04 Å². The molecule has 1 saturated heterocycles. The first-order valence-electron chi connectivity index (χ1n) is 8.66. The van der Waals surface area contributed by atoms with Crippen molar-refractivity contribution in [1.82, 2.24) is 10.2 Å². The highest BCUT2D eigenvalue weighted by Gasteiger charge is 2.69. The number of hydrogen-bond acceptors (Lipinski definition) is 2. The number of carbonyl (C=O) groups is 2. The van der Waals surface area contributed by atoms with Crippen molar-refractivity contribution in [3.63, 3.8) is 0 Å². The van der Waals surface area contributed by atoms with E-state index in [0.29, 0.717) is 24.3 Å². The minimum atomic E-state index is -0.696. The van der Waals surface area contributed by atoms with Crippen LogP contribution in [0.3, 0.4) is 0 Å². The van der Waals surface area contributed by atoms with Gasteiger partial charge in [-0.05, 0) is 62.7 Å². The summed E-state index contributed by atoms with van der Waals surface area (Å²) >= 11 is 0. The molecule has 0 radical (unpaired) electrons. The fourth-order valence-corrected chi connectivity index (χ4v) is 5.58. The number of hydrogen-bond donors (Lipinski definition) is 1. The van der Waals surface area contributed by atoms with Crippen molar-refractivity contribution in [3.05, 3.63) is 0 Å². The number of nitrogens with one attached hydrogen (secondary N) is 1. The van der Waals surface area contributed by atoms with Crippen LogP contribution in [0.25, 0.3) is 0 Å². The van der Waals surface area contributed by atoms with E-state index in [4.69, 9.17) is 0 Å². The van der Waals surface area contributed by atoms with Crippen LogP contribution in [0.5, 0.6) is 0 Å². The van der Waals surface area contributed by atoms with E-state index in [-0.39, 0.29) is 17.9 Å². The summed E-state index contributed by atoms with van der Waals surface area (Å²) in [6.07, 6.45) is 5.46. The first kappa shape index (κ1) is 13.6. The predicted octanol–water partition coefficient (Wildman–Crippen LogP) is 1.94. The molecule has 0 aromatic carbocycles. The molecule has 1 heterocycles. The third kappa shape index (κ3) is 1.62. The van der Waals surface area contributed by atoms with Gasteiger partial charge in [-0.25, -0.2) is 0 Å². The van der Waals surface area contributed by atoms with Crippen LogP contribution in [0.4, 0.5) is 0 Å². The molecule has 1 N–H and O–H groups in total. The highest BCUT2D eigenvalue weighted by atomic mass is 16.2. The Hall–Kier alpha value is -1.06. The van der Waals surface area contributed by atoms with Crippen molar-refractivity contribution >= 4 is 11.8 Å². The summed E-state index contributed by atoms with van der Waals surface area (Å²) in [4.78, 5) is 27.5. The Kier molecular flexibility index (Phi) is 2.74. The van der Waals surface area contributed by atoms with E-state index >= 15 is 0 Å². The minimum Gasteiger partial charge on any atom is -0.340 e. The second-order valence-electron chi connectivity index (χ2n) is 7.79. The molecule has 1 aliphatic heterocycles. The van der Waals surface area contributed by atoms with Crippen LogP contribution in [0.1, 0.15) is 52.9 Å². The molecule has 0 spiro atoms. The Morgan fingerprint density at radius 1 is 1.19 bits per heavy atom. The molecule has 6 unspecified atom stereocenters. The molecular weight excluding hydrogens is 264 g/mol. The Labute approximate surface area is 126 Å². The molecule has 4 nitrogen and oxygen atoms in total. The van der Waals surface area contributed by atoms with Gasteiger partial charge in [0.25, 0.3) is 0 Å². The third-order valence-electron chi connectivity index (χ3n) is 6.85. The van der Waals surface area contributed by atoms with Gasteiger partial charge in [0.1, 0.15) is 11.6 Å². The highest BCUT2D eigenvalue weighted by Crippen LogP contribution is 2.67. The molecule has 4 fully saturated rings. The zero-order chi connectivity index (χ0) is 14.9. The number of fused-ring (bicyclic) bond motifs is 5. The zero-order valence-corrected chi connectivity index (χ0v) is 13.3. The van der Waals surface area contributed by atoms with Crippen LogP contribution >= 0.6 is 0 Å². The molecule has 4 aliphatic rings. The normalized spacial score (nSPS) is 51.1. The number of rotatable bonds is 3. The Morgan fingerprint density at radius 2 is 1.81 bits per heavy atom. The van der Waals surface area contributed by atoms with Crippen molar-refractivity contribution in [2.24, 2.45) is 23.7 Å². The average Bonchev–Trinajstić information content (AvgIpc) is 2.88. The molecule has 3 aliphatic carbocycles. The van der Waals surface area contributed by atoms with Gasteiger partial charge in [0.15, 0.2) is 0 Å². The molecule has 6 atom stereocenters. The molecule has 4 heteroatoms. The Bertz CT molecular complexity index is 489. The number of piperazine rings is 1. The Balaban J connectivity index is 1.65. The van der Waals surface area contributed by atoms with Crippen LogP contribution in [0.2, 0.25) is 0 Å². The fraction of sp³-hybridized carbons (Fsp3) is 0.882. The topological polar surface area (TPSA) is 49.4 Å². The van der Waals surface area contributed by atoms with E-state index < -0.39 is 5.54 Å². The van der Waals surface area contributed by atoms with Gasteiger partial charge in [0.05, 0.1) is 0 Å². The molecule has 0 aromatic heterocycles. The van der Waals surface area contributed by atoms with E-state index in [9.17, 15) is 9.59 Å². The molecule has 21 heavy (non-hydrogen) atoms. The van der Waals surface area contributed by atoms with Gasteiger partial charge in [-0.3, -0.25) is 9.59 Å². The summed E-state index contributed by atoms with van der Waals surface area (Å²) in [5.74, 6) is 3.28. The lowest BCUT2D eigenvalue weighted by Crippen LogP contribution is -2.69. The second-order valence-corrected chi connectivity index (χ2v) is 7.79. The average molecular weight is 290 g/mol. The lowest BCUT2D eigenvalue weighted by Gasteiger charge is -2.45. The second kappa shape index (κ2) is 4.23. The van der Waals surface area contributed by atoms with E-state index in [0.717, 1.165) is 18.3 Å². The van der Waals surface area contributed by atoms with E-state index in [1.54, 1.807) is 0 Å². The van der Waals surface area contributed by atoms with Crippen molar-refractivity contribution in [3.8, 4) is 0 Å². The molecule has 116 valence electrons. The van der Waals surface area contributed by atoms with Gasteiger partial charge < -0.3 is 10.2 Å². The summed E-state index contributed by atoms with van der Waals surface area (Å²) in [7, 11) is 0. The third-order valence-corrected chi connectivity index (χ3v) is 6.85. The first-order chi connectivity index (χ1) is 10.0. The van der Waals surface area contributed by atoms with Gasteiger partial charge in [-0.15, -0.1) is 0 Å². The van der Waals surface area contributed by atoms with Gasteiger partial charge in [-0.1, -0.05) is 13.8 Å². The van der Waals surface area contributed by atoms with Crippen LogP contribution in [0, 0.1) is 23.7 Å². The zero-order valence-electron chi connectivity index (χ0n) is 13.3. The fourth-order valence-electron chi connectivity index (χ4n) is 5.58. The van der Waals surface area contributed by atoms with E-state index in [2.05, 4.69) is 5.32 Å². The molecule has 4 rings (SSSR count). The van der Waals surface area contributed by atoms with Crippen LogP contribution in [-0.4, -0.2) is 34.3 Å². The SMILES string of the molecule is CCC1C(=O)NC(C)(CC)C(=O)N1C1C2C3CCC(C3)C21. The summed E-state index contributed by atoms with van der Waals surface area (Å²) < 4.78 is 0. The van der Waals surface area contributed by atoms with Crippen LogP contribution in [0.15, 0.2) is 0 Å². The largest absolute Gasteiger partial charge is 0.340 e. The van der Waals surface area contributed by atoms with E-state index in [1.165, 1.54) is 19.3 Å². The van der Waals surface area contributed by atoms with Gasteiger partial charge in [-0.2, -0.15) is 0 Å². The standard InChI is InChI=1S/C17H26N2O2/c1-4-11-15(20)18-17(3,5-2)16(21)19(11)14-12-9-6-7-10(8-9)13(12)14/h9-14H,4-8H2,1-3H3,(H,18,20). The first-order valence-corrected chi connectivity index (χ1v) is 8.66. The molecule has 2 amide bonds. The quantitative estimate of drug-likeness (QED) is 0.863. The molecule has 3 saturated carbocycles. The minimum absolute atomic E-state index is 0.0544.